The molecular formula is C17H24N4O2S. The number of carbonyl (C=O) groups excluding carboxylic acids is 2. The van der Waals surface area contributed by atoms with E-state index in [9.17, 15) is 9.59 Å². The molecule has 1 saturated carbocycles. The summed E-state index contributed by atoms with van der Waals surface area (Å²) >= 11 is 1.49. The Hall–Kier alpha value is -1.63. The van der Waals surface area contributed by atoms with Gasteiger partial charge < -0.3 is 15.5 Å². The third-order valence-electron chi connectivity index (χ3n) is 5.62. The number of hydrogen-bond acceptors (Lipinski definition) is 5. The Kier molecular flexibility index (Phi) is 4.20. The first-order valence-corrected chi connectivity index (χ1v) is 9.76. The highest BCUT2D eigenvalue weighted by molar-refractivity contribution is 7.15. The number of rotatable bonds is 2. The minimum absolute atomic E-state index is 0.0462. The lowest BCUT2D eigenvalue weighted by atomic mass is 9.93. The summed E-state index contributed by atoms with van der Waals surface area (Å²) in [6.45, 7) is 1.94. The molecule has 0 bridgehead atoms. The number of hydrogen-bond donors (Lipinski definition) is 1. The highest BCUT2D eigenvalue weighted by atomic mass is 32.1. The van der Waals surface area contributed by atoms with Crippen molar-refractivity contribution in [3.63, 3.8) is 0 Å². The van der Waals surface area contributed by atoms with Gasteiger partial charge in [0.15, 0.2) is 5.13 Å². The molecule has 2 N–H and O–H groups in total. The largest absolute Gasteiger partial charge is 0.375 e. The first kappa shape index (κ1) is 15.9. The summed E-state index contributed by atoms with van der Waals surface area (Å²) in [6.07, 6.45) is 6.59. The van der Waals surface area contributed by atoms with Crippen LogP contribution >= 0.6 is 11.3 Å². The summed E-state index contributed by atoms with van der Waals surface area (Å²) in [5.41, 5.74) is 6.83. The van der Waals surface area contributed by atoms with E-state index in [1.165, 1.54) is 24.2 Å². The van der Waals surface area contributed by atoms with Crippen LogP contribution in [0.3, 0.4) is 0 Å². The van der Waals surface area contributed by atoms with Gasteiger partial charge in [0.25, 0.3) is 0 Å². The first-order chi connectivity index (χ1) is 11.6. The summed E-state index contributed by atoms with van der Waals surface area (Å²) in [7, 11) is 0. The van der Waals surface area contributed by atoms with Crippen LogP contribution in [0.4, 0.5) is 5.13 Å². The number of carbonyl (C=O) groups is 2. The van der Waals surface area contributed by atoms with Crippen LogP contribution in [0.1, 0.15) is 49.1 Å². The number of aromatic nitrogens is 1. The molecule has 1 unspecified atom stereocenters. The van der Waals surface area contributed by atoms with Crippen LogP contribution in [0.5, 0.6) is 0 Å². The number of likely N-dealkylation sites (tertiary alicyclic amines) is 1. The third-order valence-corrected chi connectivity index (χ3v) is 6.53. The average Bonchev–Trinajstić information content (AvgIpc) is 3.22. The fraction of sp³-hybridized carbons (Fsp3) is 0.706. The maximum absolute atomic E-state index is 13.0. The summed E-state index contributed by atoms with van der Waals surface area (Å²) in [5.74, 6) is 0.389. The van der Waals surface area contributed by atoms with Gasteiger partial charge in [0.05, 0.1) is 18.2 Å². The van der Waals surface area contributed by atoms with Crippen molar-refractivity contribution >= 4 is 28.3 Å². The summed E-state index contributed by atoms with van der Waals surface area (Å²) in [5, 5.41) is 0.588. The topological polar surface area (TPSA) is 79.5 Å². The first-order valence-electron chi connectivity index (χ1n) is 8.94. The minimum atomic E-state index is -0.0462. The predicted octanol–water partition coefficient (Wildman–Crippen LogP) is 1.79. The van der Waals surface area contributed by atoms with E-state index in [2.05, 4.69) is 4.98 Å². The van der Waals surface area contributed by atoms with E-state index in [-0.39, 0.29) is 17.7 Å². The molecule has 24 heavy (non-hydrogen) atoms. The molecule has 1 aliphatic carbocycles. The molecule has 6 nitrogen and oxygen atoms in total. The second-order valence-corrected chi connectivity index (χ2v) is 8.27. The van der Waals surface area contributed by atoms with E-state index in [0.29, 0.717) is 43.6 Å². The summed E-state index contributed by atoms with van der Waals surface area (Å²) in [4.78, 5) is 34.6. The Balaban J connectivity index is 1.43. The van der Waals surface area contributed by atoms with Crippen molar-refractivity contribution in [3.05, 3.63) is 10.6 Å². The second-order valence-electron chi connectivity index (χ2n) is 7.15. The molecule has 0 radical (unpaired) electrons. The normalized spacial score (nSPS) is 25.2. The fourth-order valence-corrected chi connectivity index (χ4v) is 5.20. The number of nitrogen functional groups attached to an aromatic ring is 1. The second kappa shape index (κ2) is 6.35. The Bertz CT molecular complexity index is 653. The van der Waals surface area contributed by atoms with Gasteiger partial charge >= 0.3 is 0 Å². The van der Waals surface area contributed by atoms with Crippen LogP contribution in [-0.4, -0.2) is 45.7 Å². The van der Waals surface area contributed by atoms with E-state index >= 15 is 0 Å². The summed E-state index contributed by atoms with van der Waals surface area (Å²) < 4.78 is 0. The predicted molar refractivity (Wildman–Crippen MR) is 92.3 cm³/mol. The third kappa shape index (κ3) is 2.90. The molecule has 1 aromatic heterocycles. The SMILES string of the molecule is Nc1nc2c(s1)CN(C(=O)C1CCC(=O)N(C3CCCC3)C1)CC2. The molecule has 2 aliphatic heterocycles. The molecule has 7 heteroatoms. The molecule has 0 aromatic carbocycles. The quantitative estimate of drug-likeness (QED) is 0.884. The maximum Gasteiger partial charge on any atom is 0.227 e. The van der Waals surface area contributed by atoms with Crippen LogP contribution in [-0.2, 0) is 22.6 Å². The molecule has 0 spiro atoms. The number of nitrogens with two attached hydrogens (primary N) is 1. The molecule has 2 amide bonds. The highest BCUT2D eigenvalue weighted by Gasteiger charge is 2.37. The van der Waals surface area contributed by atoms with Crippen LogP contribution in [0.25, 0.3) is 0 Å². The minimum Gasteiger partial charge on any atom is -0.375 e. The Morgan fingerprint density at radius 1 is 1.21 bits per heavy atom. The van der Waals surface area contributed by atoms with Crippen molar-refractivity contribution in [3.8, 4) is 0 Å². The maximum atomic E-state index is 13.0. The molecule has 130 valence electrons. The monoisotopic (exact) mass is 348 g/mol. The van der Waals surface area contributed by atoms with E-state index in [1.54, 1.807) is 0 Å². The highest BCUT2D eigenvalue weighted by Crippen LogP contribution is 2.31. The molecule has 3 aliphatic rings. The number of fused-ring (bicyclic) bond motifs is 1. The fourth-order valence-electron chi connectivity index (χ4n) is 4.30. The zero-order valence-electron chi connectivity index (χ0n) is 13.9. The lowest BCUT2D eigenvalue weighted by Gasteiger charge is -2.38. The van der Waals surface area contributed by atoms with Gasteiger partial charge in [-0.15, -0.1) is 11.3 Å². The number of nitrogens with zero attached hydrogens (tertiary/aromatic N) is 3. The van der Waals surface area contributed by atoms with Crippen molar-refractivity contribution < 1.29 is 9.59 Å². The van der Waals surface area contributed by atoms with E-state index < -0.39 is 0 Å². The van der Waals surface area contributed by atoms with Crippen molar-refractivity contribution in [2.45, 2.75) is 57.5 Å². The lowest BCUT2D eigenvalue weighted by molar-refractivity contribution is -0.145. The molecule has 2 fully saturated rings. The number of piperidine rings is 1. The van der Waals surface area contributed by atoms with Crippen molar-refractivity contribution in [1.82, 2.24) is 14.8 Å². The van der Waals surface area contributed by atoms with E-state index in [4.69, 9.17) is 5.73 Å². The van der Waals surface area contributed by atoms with Crippen molar-refractivity contribution in [2.75, 3.05) is 18.8 Å². The zero-order valence-corrected chi connectivity index (χ0v) is 14.7. The Morgan fingerprint density at radius 3 is 2.79 bits per heavy atom. The average molecular weight is 348 g/mol. The number of anilines is 1. The van der Waals surface area contributed by atoms with Gasteiger partial charge in [-0.1, -0.05) is 12.8 Å². The number of thiazole rings is 1. The van der Waals surface area contributed by atoms with Gasteiger partial charge in [-0.25, -0.2) is 4.98 Å². The van der Waals surface area contributed by atoms with Gasteiger partial charge in [0, 0.05) is 36.9 Å². The Labute approximate surface area is 146 Å². The lowest BCUT2D eigenvalue weighted by Crippen LogP contribution is -2.50. The van der Waals surface area contributed by atoms with Gasteiger partial charge in [-0.05, 0) is 19.3 Å². The van der Waals surface area contributed by atoms with Gasteiger partial charge in [-0.2, -0.15) is 0 Å². The van der Waals surface area contributed by atoms with Gasteiger partial charge in [-0.3, -0.25) is 9.59 Å². The van der Waals surface area contributed by atoms with Crippen molar-refractivity contribution in [2.24, 2.45) is 5.92 Å². The van der Waals surface area contributed by atoms with Crippen LogP contribution in [0.15, 0.2) is 0 Å². The zero-order chi connectivity index (χ0) is 16.7. The van der Waals surface area contributed by atoms with Gasteiger partial charge in [0.2, 0.25) is 11.8 Å². The van der Waals surface area contributed by atoms with E-state index in [1.807, 2.05) is 9.80 Å². The van der Waals surface area contributed by atoms with Gasteiger partial charge in [0.1, 0.15) is 0 Å². The number of amides is 2. The standard InChI is InChI=1S/C17H24N4O2S/c18-17-19-13-7-8-20(10-14(13)24-17)16(23)11-5-6-15(22)21(9-11)12-3-1-2-4-12/h11-12H,1-10H2,(H2,18,19). The molecule has 1 atom stereocenters. The molecule has 3 heterocycles. The smallest absolute Gasteiger partial charge is 0.227 e. The molecule has 4 rings (SSSR count). The molecule has 1 saturated heterocycles. The Morgan fingerprint density at radius 2 is 2.00 bits per heavy atom. The molecular weight excluding hydrogens is 324 g/mol. The van der Waals surface area contributed by atoms with Crippen molar-refractivity contribution in [1.29, 1.82) is 0 Å². The molecule has 1 aromatic rings. The van der Waals surface area contributed by atoms with Crippen LogP contribution < -0.4 is 5.73 Å². The summed E-state index contributed by atoms with van der Waals surface area (Å²) in [6, 6.07) is 0.363. The van der Waals surface area contributed by atoms with E-state index in [0.717, 1.165) is 29.8 Å². The van der Waals surface area contributed by atoms with Crippen LogP contribution in [0, 0.1) is 5.92 Å². The van der Waals surface area contributed by atoms with Crippen LogP contribution in [0.2, 0.25) is 0 Å².